The number of hydrogen-bond acceptors (Lipinski definition) is 7. The van der Waals surface area contributed by atoms with Gasteiger partial charge in [0.15, 0.2) is 11.5 Å². The first kappa shape index (κ1) is 19.3. The Bertz CT molecular complexity index is 1220. The van der Waals surface area contributed by atoms with Gasteiger partial charge in [0.2, 0.25) is 17.8 Å². The lowest BCUT2D eigenvalue weighted by molar-refractivity contribution is -0.122. The summed E-state index contributed by atoms with van der Waals surface area (Å²) in [6.07, 6.45) is 3.39. The molecular weight excluding hydrogens is 396 g/mol. The number of nitrogens with two attached hydrogens (primary N) is 1. The van der Waals surface area contributed by atoms with E-state index in [1.807, 2.05) is 43.9 Å². The topological polar surface area (TPSA) is 131 Å². The highest BCUT2D eigenvalue weighted by Crippen LogP contribution is 2.39. The minimum atomic E-state index is -0.550. The molecule has 0 unspecified atom stereocenters. The number of nitrogens with one attached hydrogen (secondary N) is 2. The minimum absolute atomic E-state index is 0.0182. The zero-order chi connectivity index (χ0) is 21.9. The molecule has 1 aromatic carbocycles. The van der Waals surface area contributed by atoms with Crippen LogP contribution in [0, 0.1) is 11.8 Å². The highest BCUT2D eigenvalue weighted by molar-refractivity contribution is 6.06. The van der Waals surface area contributed by atoms with Gasteiger partial charge in [0.1, 0.15) is 0 Å². The highest BCUT2D eigenvalue weighted by atomic mass is 16.2. The van der Waals surface area contributed by atoms with E-state index in [1.165, 1.54) is 0 Å². The number of carbonyl (C=O) groups is 2. The summed E-state index contributed by atoms with van der Waals surface area (Å²) in [5, 5.41) is 10.6. The normalized spacial score (nSPS) is 21.9. The van der Waals surface area contributed by atoms with Gasteiger partial charge in [-0.15, -0.1) is 5.10 Å². The maximum atomic E-state index is 12.2. The van der Waals surface area contributed by atoms with Crippen molar-refractivity contribution in [1.29, 1.82) is 0 Å². The van der Waals surface area contributed by atoms with Crippen LogP contribution in [0.4, 0.5) is 23.1 Å². The Morgan fingerprint density at radius 2 is 2.13 bits per heavy atom. The second-order valence-electron chi connectivity index (χ2n) is 8.81. The number of aromatic nitrogens is 4. The van der Waals surface area contributed by atoms with E-state index in [9.17, 15) is 9.59 Å². The van der Waals surface area contributed by atoms with Crippen molar-refractivity contribution in [3.63, 3.8) is 0 Å². The third-order valence-electron chi connectivity index (χ3n) is 6.28. The molecule has 10 nitrogen and oxygen atoms in total. The number of benzene rings is 1. The Morgan fingerprint density at radius 3 is 2.87 bits per heavy atom. The molecule has 2 aliphatic rings. The third kappa shape index (κ3) is 3.06. The molecule has 2 aliphatic heterocycles. The number of nitrogens with zero attached hydrogens (tertiary/aromatic N) is 5. The maximum absolute atomic E-state index is 12.2. The monoisotopic (exact) mass is 420 g/mol. The zero-order valence-electron chi connectivity index (χ0n) is 17.6. The average Bonchev–Trinajstić information content (AvgIpc) is 3.35. The number of carbonyl (C=O) groups excluding carboxylic acids is 2. The van der Waals surface area contributed by atoms with Crippen LogP contribution in [0.3, 0.4) is 0 Å². The molecule has 0 spiro atoms. The fourth-order valence-corrected chi connectivity index (χ4v) is 4.39. The van der Waals surface area contributed by atoms with Crippen molar-refractivity contribution in [3.05, 3.63) is 36.2 Å². The Morgan fingerprint density at radius 1 is 1.32 bits per heavy atom. The van der Waals surface area contributed by atoms with Crippen molar-refractivity contribution in [2.75, 3.05) is 28.6 Å². The second-order valence-corrected chi connectivity index (χ2v) is 8.81. The van der Waals surface area contributed by atoms with Gasteiger partial charge in [-0.2, -0.15) is 4.98 Å². The molecule has 4 heterocycles. The lowest BCUT2D eigenvalue weighted by Gasteiger charge is -2.16. The largest absolute Gasteiger partial charge is 0.369 e. The predicted molar refractivity (Wildman–Crippen MR) is 116 cm³/mol. The molecular formula is C21H24N8O2. The fraction of sp³-hybridized carbons (Fsp3) is 0.381. The van der Waals surface area contributed by atoms with Crippen molar-refractivity contribution in [2.45, 2.75) is 26.2 Å². The summed E-state index contributed by atoms with van der Waals surface area (Å²) in [6, 6.07) is 5.73. The number of anilines is 4. The van der Waals surface area contributed by atoms with Crippen molar-refractivity contribution < 1.29 is 9.59 Å². The fourth-order valence-electron chi connectivity index (χ4n) is 4.39. The van der Waals surface area contributed by atoms with Crippen molar-refractivity contribution >= 4 is 40.6 Å². The van der Waals surface area contributed by atoms with Gasteiger partial charge in [-0.05, 0) is 37.5 Å². The van der Waals surface area contributed by atoms with Crippen LogP contribution in [0.15, 0.2) is 30.6 Å². The molecule has 0 saturated carbocycles. The molecule has 1 saturated heterocycles. The van der Waals surface area contributed by atoms with Gasteiger partial charge in [0.05, 0.1) is 11.3 Å². The molecule has 2 atom stereocenters. The molecule has 0 radical (unpaired) electrons. The van der Waals surface area contributed by atoms with Gasteiger partial charge in [-0.25, -0.2) is 9.50 Å². The Balaban J connectivity index is 1.43. The number of hydrogen-bond donors (Lipinski definition) is 3. The van der Waals surface area contributed by atoms with Crippen LogP contribution in [0.25, 0.3) is 5.65 Å². The SMILES string of the molecule is C[C@H]1CN(c2nccn3nc(Nc4ccc5c(c4)NC(=O)C5(C)C)nc23)C[C@@H]1C(N)=O. The molecule has 0 aliphatic carbocycles. The highest BCUT2D eigenvalue weighted by Gasteiger charge is 2.38. The lowest BCUT2D eigenvalue weighted by Crippen LogP contribution is -2.29. The molecule has 31 heavy (non-hydrogen) atoms. The number of rotatable bonds is 4. The standard InChI is InChI=1S/C21H24N8O2/c1-11-9-28(10-13(11)16(22)30)17-18-26-20(27-29(18)7-6-23-17)24-12-4-5-14-15(8-12)25-19(31)21(14,2)3/h4-8,11,13H,9-10H2,1-3H3,(H2,22,30)(H,24,27)(H,25,31)/t11-,13-/m0/s1. The first-order valence-corrected chi connectivity index (χ1v) is 10.2. The van der Waals surface area contributed by atoms with E-state index in [4.69, 9.17) is 5.73 Å². The van der Waals surface area contributed by atoms with E-state index in [-0.39, 0.29) is 23.7 Å². The summed E-state index contributed by atoms with van der Waals surface area (Å²) in [5.74, 6) is 0.700. The quantitative estimate of drug-likeness (QED) is 0.585. The van der Waals surface area contributed by atoms with Gasteiger partial charge in [-0.3, -0.25) is 9.59 Å². The van der Waals surface area contributed by atoms with Gasteiger partial charge >= 0.3 is 0 Å². The second kappa shape index (κ2) is 6.66. The molecule has 4 N–H and O–H groups in total. The summed E-state index contributed by atoms with van der Waals surface area (Å²) in [6.45, 7) is 7.01. The Hall–Kier alpha value is -3.69. The van der Waals surface area contributed by atoms with Crippen LogP contribution < -0.4 is 21.3 Å². The Labute approximate surface area is 178 Å². The van der Waals surface area contributed by atoms with Gasteiger partial charge in [-0.1, -0.05) is 13.0 Å². The van der Waals surface area contributed by atoms with Gasteiger partial charge < -0.3 is 21.3 Å². The van der Waals surface area contributed by atoms with E-state index in [2.05, 4.69) is 25.7 Å². The summed E-state index contributed by atoms with van der Waals surface area (Å²) in [5.41, 5.74) is 8.10. The first-order valence-electron chi connectivity index (χ1n) is 10.2. The average molecular weight is 420 g/mol. The summed E-state index contributed by atoms with van der Waals surface area (Å²) in [4.78, 5) is 35.0. The molecule has 2 aromatic heterocycles. The molecule has 160 valence electrons. The van der Waals surface area contributed by atoms with Gasteiger partial charge in [0.25, 0.3) is 0 Å². The molecule has 0 bridgehead atoms. The minimum Gasteiger partial charge on any atom is -0.369 e. The van der Waals surface area contributed by atoms with Crippen molar-refractivity contribution in [2.24, 2.45) is 17.6 Å². The van der Waals surface area contributed by atoms with E-state index in [1.54, 1.807) is 16.9 Å². The predicted octanol–water partition coefficient (Wildman–Crippen LogP) is 1.66. The van der Waals surface area contributed by atoms with Crippen LogP contribution >= 0.6 is 0 Å². The number of amides is 2. The van der Waals surface area contributed by atoms with Crippen LogP contribution in [0.5, 0.6) is 0 Å². The maximum Gasteiger partial charge on any atom is 0.247 e. The van der Waals surface area contributed by atoms with E-state index in [0.29, 0.717) is 30.5 Å². The summed E-state index contributed by atoms with van der Waals surface area (Å²) in [7, 11) is 0. The van der Waals surface area contributed by atoms with Crippen molar-refractivity contribution in [3.8, 4) is 0 Å². The smallest absolute Gasteiger partial charge is 0.247 e. The van der Waals surface area contributed by atoms with Crippen LogP contribution in [0.1, 0.15) is 26.3 Å². The Kier molecular flexibility index (Phi) is 4.14. The molecule has 5 rings (SSSR count). The van der Waals surface area contributed by atoms with E-state index in [0.717, 1.165) is 16.9 Å². The molecule has 3 aromatic rings. The van der Waals surface area contributed by atoms with E-state index < -0.39 is 5.41 Å². The summed E-state index contributed by atoms with van der Waals surface area (Å²) >= 11 is 0. The molecule has 10 heteroatoms. The van der Waals surface area contributed by atoms with E-state index >= 15 is 0 Å². The van der Waals surface area contributed by atoms with Gasteiger partial charge in [0, 0.05) is 36.9 Å². The van der Waals surface area contributed by atoms with Crippen LogP contribution in [0.2, 0.25) is 0 Å². The van der Waals surface area contributed by atoms with Crippen molar-refractivity contribution in [1.82, 2.24) is 19.6 Å². The number of fused-ring (bicyclic) bond motifs is 2. The number of primary amides is 1. The third-order valence-corrected chi connectivity index (χ3v) is 6.28. The zero-order valence-corrected chi connectivity index (χ0v) is 17.6. The van der Waals surface area contributed by atoms with Crippen LogP contribution in [-0.4, -0.2) is 44.5 Å². The molecule has 2 amide bonds. The molecule has 1 fully saturated rings. The summed E-state index contributed by atoms with van der Waals surface area (Å²) < 4.78 is 1.66. The first-order chi connectivity index (χ1) is 14.7. The van der Waals surface area contributed by atoms with Crippen LogP contribution in [-0.2, 0) is 15.0 Å². The lowest BCUT2D eigenvalue weighted by atomic mass is 9.86.